The Morgan fingerprint density at radius 1 is 1.24 bits per heavy atom. The lowest BCUT2D eigenvalue weighted by Crippen LogP contribution is -2.29. The van der Waals surface area contributed by atoms with Crippen LogP contribution in [0.25, 0.3) is 0 Å². The van der Waals surface area contributed by atoms with E-state index >= 15 is 0 Å². The van der Waals surface area contributed by atoms with Gasteiger partial charge in [0.1, 0.15) is 9.84 Å². The van der Waals surface area contributed by atoms with Crippen molar-refractivity contribution in [3.63, 3.8) is 0 Å². The Morgan fingerprint density at radius 3 is 2.33 bits per heavy atom. The standard InChI is InChI=1S/C12H16ClNO5S2/c1-3-9-4-5-10(21(13,18)19)8-11(9)12(15)14-6-7-20(2,16)17/h4-5,8H,3,6-7H2,1-2H3,(H,14,15). The van der Waals surface area contributed by atoms with Gasteiger partial charge in [0.05, 0.1) is 10.6 Å². The maximum absolute atomic E-state index is 12.0. The van der Waals surface area contributed by atoms with Crippen LogP contribution in [-0.2, 0) is 25.3 Å². The Bertz CT molecular complexity index is 741. The molecule has 0 aliphatic heterocycles. The molecule has 0 saturated heterocycles. The van der Waals surface area contributed by atoms with E-state index < -0.39 is 24.8 Å². The van der Waals surface area contributed by atoms with E-state index in [4.69, 9.17) is 10.7 Å². The van der Waals surface area contributed by atoms with Gasteiger partial charge in [-0.3, -0.25) is 4.79 Å². The molecule has 0 bridgehead atoms. The van der Waals surface area contributed by atoms with E-state index in [2.05, 4.69) is 5.32 Å². The summed E-state index contributed by atoms with van der Waals surface area (Å²) in [5.41, 5.74) is 0.823. The topological polar surface area (TPSA) is 97.4 Å². The molecule has 118 valence electrons. The van der Waals surface area contributed by atoms with E-state index in [0.717, 1.165) is 6.26 Å². The van der Waals surface area contributed by atoms with Crippen LogP contribution in [0.4, 0.5) is 0 Å². The highest BCUT2D eigenvalue weighted by molar-refractivity contribution is 8.13. The van der Waals surface area contributed by atoms with Crippen LogP contribution in [0, 0.1) is 0 Å². The molecule has 0 aromatic heterocycles. The zero-order valence-electron chi connectivity index (χ0n) is 11.6. The molecule has 0 fully saturated rings. The van der Waals surface area contributed by atoms with Crippen LogP contribution >= 0.6 is 10.7 Å². The summed E-state index contributed by atoms with van der Waals surface area (Å²) in [5.74, 6) is -0.717. The lowest BCUT2D eigenvalue weighted by molar-refractivity contribution is 0.0955. The average molecular weight is 354 g/mol. The monoisotopic (exact) mass is 353 g/mol. The molecular formula is C12H16ClNO5S2. The minimum absolute atomic E-state index is 0.0430. The van der Waals surface area contributed by atoms with Crippen molar-refractivity contribution in [3.8, 4) is 0 Å². The normalized spacial score (nSPS) is 12.1. The largest absolute Gasteiger partial charge is 0.351 e. The van der Waals surface area contributed by atoms with Crippen LogP contribution < -0.4 is 5.32 Å². The molecule has 0 atom stereocenters. The van der Waals surface area contributed by atoms with E-state index in [0.29, 0.717) is 12.0 Å². The molecule has 1 amide bonds. The van der Waals surface area contributed by atoms with Crippen molar-refractivity contribution in [1.82, 2.24) is 5.32 Å². The molecule has 1 N–H and O–H groups in total. The first-order valence-electron chi connectivity index (χ1n) is 6.08. The summed E-state index contributed by atoms with van der Waals surface area (Å²) in [6.45, 7) is 1.77. The van der Waals surface area contributed by atoms with Crippen LogP contribution in [0.1, 0.15) is 22.8 Å². The minimum Gasteiger partial charge on any atom is -0.351 e. The SMILES string of the molecule is CCc1ccc(S(=O)(=O)Cl)cc1C(=O)NCCS(C)(=O)=O. The number of carbonyl (C=O) groups excluding carboxylic acids is 1. The smallest absolute Gasteiger partial charge is 0.261 e. The van der Waals surface area contributed by atoms with Gasteiger partial charge in [-0.15, -0.1) is 0 Å². The molecule has 0 aliphatic carbocycles. The van der Waals surface area contributed by atoms with Crippen LogP contribution in [0.15, 0.2) is 23.1 Å². The number of aryl methyl sites for hydroxylation is 1. The molecule has 6 nitrogen and oxygen atoms in total. The predicted molar refractivity (Wildman–Crippen MR) is 80.9 cm³/mol. The summed E-state index contributed by atoms with van der Waals surface area (Å²) in [7, 11) is -1.86. The van der Waals surface area contributed by atoms with Gasteiger partial charge in [0.25, 0.3) is 15.0 Å². The average Bonchev–Trinajstić information content (AvgIpc) is 2.35. The lowest BCUT2D eigenvalue weighted by atomic mass is 10.0. The Labute approximate surface area is 128 Å². The molecule has 0 radical (unpaired) electrons. The Hall–Kier alpha value is -1.12. The van der Waals surface area contributed by atoms with Crippen molar-refractivity contribution in [2.24, 2.45) is 0 Å². The van der Waals surface area contributed by atoms with E-state index in [9.17, 15) is 21.6 Å². The van der Waals surface area contributed by atoms with E-state index in [1.165, 1.54) is 18.2 Å². The zero-order chi connectivity index (χ0) is 16.3. The van der Waals surface area contributed by atoms with Crippen LogP contribution in [-0.4, -0.2) is 41.3 Å². The fraction of sp³-hybridized carbons (Fsp3) is 0.417. The second-order valence-electron chi connectivity index (χ2n) is 4.50. The third kappa shape index (κ3) is 5.64. The van der Waals surface area contributed by atoms with Gasteiger partial charge in [-0.25, -0.2) is 16.8 Å². The van der Waals surface area contributed by atoms with Gasteiger partial charge in [-0.1, -0.05) is 13.0 Å². The summed E-state index contributed by atoms with van der Waals surface area (Å²) in [6.07, 6.45) is 1.59. The highest BCUT2D eigenvalue weighted by Gasteiger charge is 2.17. The van der Waals surface area contributed by atoms with Crippen molar-refractivity contribution in [3.05, 3.63) is 29.3 Å². The second kappa shape index (κ2) is 6.76. The predicted octanol–water partition coefficient (Wildman–Crippen LogP) is 0.951. The fourth-order valence-electron chi connectivity index (χ4n) is 1.67. The molecule has 1 aromatic carbocycles. The van der Waals surface area contributed by atoms with Gasteiger partial charge >= 0.3 is 0 Å². The molecule has 0 spiro atoms. The maximum atomic E-state index is 12.0. The Kier molecular flexibility index (Phi) is 5.77. The highest BCUT2D eigenvalue weighted by Crippen LogP contribution is 2.20. The molecule has 1 aromatic rings. The first-order chi connectivity index (χ1) is 9.54. The first kappa shape index (κ1) is 17.9. The summed E-state index contributed by atoms with van der Waals surface area (Å²) in [4.78, 5) is 11.9. The van der Waals surface area contributed by atoms with Crippen LogP contribution in [0.5, 0.6) is 0 Å². The lowest BCUT2D eigenvalue weighted by Gasteiger charge is -2.10. The molecule has 0 unspecified atom stereocenters. The van der Waals surface area contributed by atoms with E-state index in [-0.39, 0.29) is 22.8 Å². The number of amides is 1. The minimum atomic E-state index is -3.93. The zero-order valence-corrected chi connectivity index (χ0v) is 14.0. The second-order valence-corrected chi connectivity index (χ2v) is 9.32. The molecule has 0 saturated carbocycles. The number of nitrogens with one attached hydrogen (secondary N) is 1. The third-order valence-electron chi connectivity index (χ3n) is 2.75. The molecule has 9 heteroatoms. The molecular weight excluding hydrogens is 338 g/mol. The van der Waals surface area contributed by atoms with E-state index in [1.54, 1.807) is 0 Å². The van der Waals surface area contributed by atoms with Crippen molar-refractivity contribution in [2.45, 2.75) is 18.2 Å². The number of sulfone groups is 1. The number of hydrogen-bond acceptors (Lipinski definition) is 5. The fourth-order valence-corrected chi connectivity index (χ4v) is 2.92. The summed E-state index contributed by atoms with van der Waals surface area (Å²) in [5, 5.41) is 2.45. The number of hydrogen-bond donors (Lipinski definition) is 1. The molecule has 0 heterocycles. The first-order valence-corrected chi connectivity index (χ1v) is 10.4. The summed E-state index contributed by atoms with van der Waals surface area (Å²) >= 11 is 0. The van der Waals surface area contributed by atoms with Crippen LogP contribution in [0.2, 0.25) is 0 Å². The van der Waals surface area contributed by atoms with Gasteiger partial charge in [-0.2, -0.15) is 0 Å². The molecule has 0 aliphatic rings. The highest BCUT2D eigenvalue weighted by atomic mass is 35.7. The third-order valence-corrected chi connectivity index (χ3v) is 5.04. The number of carbonyl (C=O) groups is 1. The van der Waals surface area contributed by atoms with Crippen molar-refractivity contribution < 1.29 is 21.6 Å². The van der Waals surface area contributed by atoms with Gasteiger partial charge in [-0.05, 0) is 24.1 Å². The number of rotatable bonds is 6. The number of benzene rings is 1. The van der Waals surface area contributed by atoms with Gasteiger partial charge < -0.3 is 5.32 Å². The molecule has 1 rings (SSSR count). The van der Waals surface area contributed by atoms with Crippen LogP contribution in [0.3, 0.4) is 0 Å². The quantitative estimate of drug-likeness (QED) is 0.768. The summed E-state index contributed by atoms with van der Waals surface area (Å²) in [6, 6.07) is 4.03. The molecule has 21 heavy (non-hydrogen) atoms. The maximum Gasteiger partial charge on any atom is 0.261 e. The summed E-state index contributed by atoms with van der Waals surface area (Å²) < 4.78 is 44.6. The van der Waals surface area contributed by atoms with Crippen molar-refractivity contribution in [2.75, 3.05) is 18.6 Å². The Balaban J connectivity index is 3.01. The van der Waals surface area contributed by atoms with Gasteiger partial charge in [0, 0.05) is 29.0 Å². The Morgan fingerprint density at radius 2 is 1.86 bits per heavy atom. The van der Waals surface area contributed by atoms with Gasteiger partial charge in [0.2, 0.25) is 0 Å². The number of halogens is 1. The van der Waals surface area contributed by atoms with Gasteiger partial charge in [0.15, 0.2) is 0 Å². The van der Waals surface area contributed by atoms with E-state index in [1.807, 2.05) is 6.92 Å². The van der Waals surface area contributed by atoms with Crippen molar-refractivity contribution >= 4 is 35.5 Å². The van der Waals surface area contributed by atoms with Crippen molar-refractivity contribution in [1.29, 1.82) is 0 Å².